The summed E-state index contributed by atoms with van der Waals surface area (Å²) < 4.78 is 10.9. The van der Waals surface area contributed by atoms with Crippen LogP contribution in [0.5, 0.6) is 11.5 Å². The number of aryl methyl sites for hydroxylation is 1. The Kier molecular flexibility index (Phi) is 6.59. The van der Waals surface area contributed by atoms with Gasteiger partial charge >= 0.3 is 0 Å². The minimum absolute atomic E-state index is 0.247. The molecule has 1 aromatic heterocycles. The Morgan fingerprint density at radius 2 is 1.93 bits per heavy atom. The van der Waals surface area contributed by atoms with Crippen LogP contribution in [0.3, 0.4) is 0 Å². The molecule has 8 nitrogen and oxygen atoms in total. The van der Waals surface area contributed by atoms with Crippen molar-refractivity contribution < 1.29 is 19.1 Å². The molecule has 0 fully saturated rings. The Labute approximate surface area is 173 Å². The van der Waals surface area contributed by atoms with E-state index in [9.17, 15) is 9.59 Å². The number of pyridine rings is 1. The highest BCUT2D eigenvalue weighted by atomic mass is 16.5. The largest absolute Gasteiger partial charge is 0.490 e. The first-order valence-corrected chi connectivity index (χ1v) is 9.35. The fourth-order valence-corrected chi connectivity index (χ4v) is 2.86. The number of hydrazone groups is 1. The topological polar surface area (TPSA) is 116 Å². The summed E-state index contributed by atoms with van der Waals surface area (Å²) in [5, 5.41) is 4.80. The van der Waals surface area contributed by atoms with Gasteiger partial charge in [-0.2, -0.15) is 5.10 Å². The Morgan fingerprint density at radius 1 is 1.13 bits per heavy atom. The van der Waals surface area contributed by atoms with E-state index in [2.05, 4.69) is 15.5 Å². The maximum absolute atomic E-state index is 12.6. The molecule has 0 radical (unpaired) electrons. The van der Waals surface area contributed by atoms with Crippen molar-refractivity contribution in [2.24, 2.45) is 10.8 Å². The predicted molar refractivity (Wildman–Crippen MR) is 114 cm³/mol. The van der Waals surface area contributed by atoms with E-state index < -0.39 is 5.91 Å². The Bertz CT molecular complexity index is 1110. The lowest BCUT2D eigenvalue weighted by Crippen LogP contribution is -2.20. The van der Waals surface area contributed by atoms with Crippen LogP contribution >= 0.6 is 0 Å². The highest BCUT2D eigenvalue weighted by molar-refractivity contribution is 6.06. The van der Waals surface area contributed by atoms with E-state index >= 15 is 0 Å². The third-order valence-corrected chi connectivity index (χ3v) is 4.11. The van der Waals surface area contributed by atoms with Gasteiger partial charge in [0.25, 0.3) is 11.8 Å². The number of ether oxygens (including phenoxy) is 2. The summed E-state index contributed by atoms with van der Waals surface area (Å²) in [5.74, 6) is -0.0654. The minimum atomic E-state index is -0.579. The third kappa shape index (κ3) is 5.11. The Hall–Kier alpha value is -3.94. The van der Waals surface area contributed by atoms with Gasteiger partial charge in [-0.05, 0) is 49.7 Å². The lowest BCUT2D eigenvalue weighted by molar-refractivity contribution is -0.119. The Balaban J connectivity index is 1.76. The third-order valence-electron chi connectivity index (χ3n) is 4.11. The molecule has 0 unspecified atom stereocenters. The molecule has 1 heterocycles. The number of benzene rings is 2. The number of primary amides is 1. The molecule has 3 rings (SSSR count). The molecule has 0 aliphatic carbocycles. The van der Waals surface area contributed by atoms with Gasteiger partial charge in [-0.15, -0.1) is 0 Å². The summed E-state index contributed by atoms with van der Waals surface area (Å²) in [4.78, 5) is 28.0. The van der Waals surface area contributed by atoms with Crippen LogP contribution in [0.2, 0.25) is 0 Å². The average molecular weight is 406 g/mol. The SMILES string of the molecule is CCOc1cc(C=NNC(=O)c2cc(C)nc3ccccc23)ccc1OCC(N)=O. The first-order chi connectivity index (χ1) is 14.5. The normalized spacial score (nSPS) is 10.9. The van der Waals surface area contributed by atoms with Crippen molar-refractivity contribution in [3.05, 3.63) is 65.4 Å². The smallest absolute Gasteiger partial charge is 0.272 e. The monoisotopic (exact) mass is 406 g/mol. The molecule has 8 heteroatoms. The number of hydrogen-bond acceptors (Lipinski definition) is 6. The van der Waals surface area contributed by atoms with E-state index in [1.54, 1.807) is 24.3 Å². The quantitative estimate of drug-likeness (QED) is 0.441. The molecule has 0 spiro atoms. The molecular weight excluding hydrogens is 384 g/mol. The molecule has 2 aromatic carbocycles. The number of nitrogens with one attached hydrogen (secondary N) is 1. The lowest BCUT2D eigenvalue weighted by atomic mass is 10.1. The van der Waals surface area contributed by atoms with Crippen molar-refractivity contribution in [2.45, 2.75) is 13.8 Å². The van der Waals surface area contributed by atoms with Crippen molar-refractivity contribution in [1.82, 2.24) is 10.4 Å². The van der Waals surface area contributed by atoms with E-state index in [0.717, 1.165) is 16.6 Å². The number of carbonyl (C=O) groups is 2. The maximum Gasteiger partial charge on any atom is 0.272 e. The van der Waals surface area contributed by atoms with Gasteiger partial charge in [0.05, 0.1) is 23.9 Å². The number of para-hydroxylation sites is 1. The van der Waals surface area contributed by atoms with Crippen LogP contribution in [0.15, 0.2) is 53.6 Å². The van der Waals surface area contributed by atoms with Crippen LogP contribution in [0.4, 0.5) is 0 Å². The van der Waals surface area contributed by atoms with Gasteiger partial charge < -0.3 is 15.2 Å². The number of amides is 2. The lowest BCUT2D eigenvalue weighted by Gasteiger charge is -2.11. The molecule has 2 amide bonds. The fraction of sp³-hybridized carbons (Fsp3) is 0.182. The van der Waals surface area contributed by atoms with Crippen molar-refractivity contribution in [1.29, 1.82) is 0 Å². The molecule has 0 aliphatic heterocycles. The summed E-state index contributed by atoms with van der Waals surface area (Å²) in [6.07, 6.45) is 1.49. The maximum atomic E-state index is 12.6. The van der Waals surface area contributed by atoms with Gasteiger partial charge in [0.15, 0.2) is 18.1 Å². The van der Waals surface area contributed by atoms with E-state index in [-0.39, 0.29) is 12.5 Å². The number of nitrogens with zero attached hydrogens (tertiary/aromatic N) is 2. The molecule has 154 valence electrons. The summed E-state index contributed by atoms with van der Waals surface area (Å²) >= 11 is 0. The van der Waals surface area contributed by atoms with Crippen molar-refractivity contribution >= 4 is 28.9 Å². The van der Waals surface area contributed by atoms with Crippen LogP contribution in [0.1, 0.15) is 28.5 Å². The van der Waals surface area contributed by atoms with Gasteiger partial charge in [-0.1, -0.05) is 18.2 Å². The summed E-state index contributed by atoms with van der Waals surface area (Å²) in [5.41, 5.74) is 10.3. The molecule has 0 aliphatic rings. The van der Waals surface area contributed by atoms with Gasteiger partial charge in [0.1, 0.15) is 0 Å². The Morgan fingerprint density at radius 3 is 2.70 bits per heavy atom. The van der Waals surface area contributed by atoms with E-state index in [0.29, 0.717) is 29.2 Å². The number of aromatic nitrogens is 1. The van der Waals surface area contributed by atoms with Gasteiger partial charge in [-0.25, -0.2) is 5.43 Å². The van der Waals surface area contributed by atoms with Crippen LogP contribution in [0, 0.1) is 6.92 Å². The van der Waals surface area contributed by atoms with E-state index in [4.69, 9.17) is 15.2 Å². The number of carbonyl (C=O) groups excluding carboxylic acids is 2. The molecule has 0 saturated carbocycles. The summed E-state index contributed by atoms with van der Waals surface area (Å²) in [6.45, 7) is 3.84. The molecule has 30 heavy (non-hydrogen) atoms. The molecular formula is C22H22N4O4. The van der Waals surface area contributed by atoms with E-state index in [1.807, 2.05) is 38.1 Å². The second-order valence-electron chi connectivity index (χ2n) is 6.42. The number of nitrogens with two attached hydrogens (primary N) is 1. The molecule has 0 saturated heterocycles. The van der Waals surface area contributed by atoms with Crippen molar-refractivity contribution in [3.8, 4) is 11.5 Å². The summed E-state index contributed by atoms with van der Waals surface area (Å²) in [6, 6.07) is 14.2. The standard InChI is InChI=1S/C22H22N4O4/c1-3-29-20-11-15(8-9-19(20)30-13-21(23)27)12-24-26-22(28)17-10-14(2)25-18-7-5-4-6-16(17)18/h4-12H,3,13H2,1-2H3,(H2,23,27)(H,26,28). The average Bonchev–Trinajstić information content (AvgIpc) is 2.72. The predicted octanol–water partition coefficient (Wildman–Crippen LogP) is 2.57. The number of rotatable bonds is 8. The zero-order valence-electron chi connectivity index (χ0n) is 16.7. The first kappa shape index (κ1) is 20.8. The van der Waals surface area contributed by atoms with Gasteiger partial charge in [0, 0.05) is 11.1 Å². The van der Waals surface area contributed by atoms with Crippen molar-refractivity contribution in [3.63, 3.8) is 0 Å². The molecule has 0 bridgehead atoms. The molecule has 3 aromatic rings. The second kappa shape index (κ2) is 9.51. The zero-order valence-corrected chi connectivity index (χ0v) is 16.7. The van der Waals surface area contributed by atoms with Gasteiger partial charge in [-0.3, -0.25) is 14.6 Å². The van der Waals surface area contributed by atoms with Crippen LogP contribution in [-0.2, 0) is 4.79 Å². The van der Waals surface area contributed by atoms with Gasteiger partial charge in [0.2, 0.25) is 0 Å². The van der Waals surface area contributed by atoms with Crippen LogP contribution < -0.4 is 20.6 Å². The second-order valence-corrected chi connectivity index (χ2v) is 6.42. The summed E-state index contributed by atoms with van der Waals surface area (Å²) in [7, 11) is 0. The van der Waals surface area contributed by atoms with Crippen LogP contribution in [-0.4, -0.2) is 36.2 Å². The zero-order chi connectivity index (χ0) is 21.5. The first-order valence-electron chi connectivity index (χ1n) is 9.35. The molecule has 3 N–H and O–H groups in total. The highest BCUT2D eigenvalue weighted by Crippen LogP contribution is 2.28. The van der Waals surface area contributed by atoms with E-state index in [1.165, 1.54) is 6.21 Å². The number of fused-ring (bicyclic) bond motifs is 1. The number of hydrogen-bond donors (Lipinski definition) is 2. The van der Waals surface area contributed by atoms with Crippen molar-refractivity contribution in [2.75, 3.05) is 13.2 Å². The minimum Gasteiger partial charge on any atom is -0.490 e. The molecule has 0 atom stereocenters. The fourth-order valence-electron chi connectivity index (χ4n) is 2.86. The van der Waals surface area contributed by atoms with Crippen LogP contribution in [0.25, 0.3) is 10.9 Å². The highest BCUT2D eigenvalue weighted by Gasteiger charge is 2.11.